The fourth-order valence-corrected chi connectivity index (χ4v) is 2.91. The largest absolute Gasteiger partial charge is 0.314 e. The second kappa shape index (κ2) is 10.9. The molecule has 0 bridgehead atoms. The maximum absolute atomic E-state index is 9.36. The molecule has 22 heavy (non-hydrogen) atoms. The summed E-state index contributed by atoms with van der Waals surface area (Å²) >= 11 is 0. The Balaban J connectivity index is 0.00000220. The minimum Gasteiger partial charge on any atom is -0.314 e. The van der Waals surface area contributed by atoms with Crippen LogP contribution in [0, 0.1) is 17.2 Å². The van der Waals surface area contributed by atoms with Crippen LogP contribution in [0.4, 0.5) is 0 Å². The maximum atomic E-state index is 9.36. The first-order chi connectivity index (χ1) is 9.72. The molecule has 3 nitrogen and oxygen atoms in total. The lowest BCUT2D eigenvalue weighted by atomic mass is 9.93. The summed E-state index contributed by atoms with van der Waals surface area (Å²) in [5.41, 5.74) is 2.04. The summed E-state index contributed by atoms with van der Waals surface area (Å²) in [5.74, 6) is 0.703. The van der Waals surface area contributed by atoms with Crippen molar-refractivity contribution in [2.45, 2.75) is 32.7 Å². The second-order valence-electron chi connectivity index (χ2n) is 5.97. The van der Waals surface area contributed by atoms with Crippen LogP contribution in [0.15, 0.2) is 24.3 Å². The molecule has 1 aliphatic heterocycles. The van der Waals surface area contributed by atoms with Gasteiger partial charge in [-0.3, -0.25) is 4.90 Å². The standard InChI is InChI=1S/C17H25N3.2ClH/c1-14(2)7-8-17(20-11-9-19-10-12-20)16-6-4-3-5-15(16)13-18;;/h3-6,14,17,19H,7-12H2,1-2H3;2*1H/t17-;;/m1../s1. The molecule has 1 aromatic rings. The van der Waals surface area contributed by atoms with Gasteiger partial charge in [0.25, 0.3) is 0 Å². The lowest BCUT2D eigenvalue weighted by molar-refractivity contribution is 0.159. The smallest absolute Gasteiger partial charge is 0.0995 e. The molecule has 0 saturated carbocycles. The van der Waals surface area contributed by atoms with Gasteiger partial charge in [0, 0.05) is 32.2 Å². The van der Waals surface area contributed by atoms with Crippen LogP contribution in [0.3, 0.4) is 0 Å². The van der Waals surface area contributed by atoms with E-state index in [2.05, 4.69) is 42.3 Å². The van der Waals surface area contributed by atoms with Gasteiger partial charge in [0.2, 0.25) is 0 Å². The highest BCUT2D eigenvalue weighted by Gasteiger charge is 2.24. The molecule has 0 unspecified atom stereocenters. The Labute approximate surface area is 146 Å². The lowest BCUT2D eigenvalue weighted by Crippen LogP contribution is -2.45. The van der Waals surface area contributed by atoms with Gasteiger partial charge in [0.05, 0.1) is 11.6 Å². The van der Waals surface area contributed by atoms with E-state index in [9.17, 15) is 5.26 Å². The molecule has 1 fully saturated rings. The van der Waals surface area contributed by atoms with Crippen molar-refractivity contribution in [1.82, 2.24) is 10.2 Å². The van der Waals surface area contributed by atoms with E-state index < -0.39 is 0 Å². The summed E-state index contributed by atoms with van der Waals surface area (Å²) in [6.45, 7) is 8.78. The molecule has 0 radical (unpaired) electrons. The zero-order valence-corrected chi connectivity index (χ0v) is 15.1. The first-order valence-corrected chi connectivity index (χ1v) is 7.66. The third-order valence-corrected chi connectivity index (χ3v) is 4.05. The molecule has 124 valence electrons. The van der Waals surface area contributed by atoms with E-state index in [1.807, 2.05) is 12.1 Å². The monoisotopic (exact) mass is 343 g/mol. The molecular formula is C17H27Cl2N3. The number of nitriles is 1. The molecule has 1 atom stereocenters. The van der Waals surface area contributed by atoms with Gasteiger partial charge >= 0.3 is 0 Å². The summed E-state index contributed by atoms with van der Waals surface area (Å²) in [4.78, 5) is 2.54. The maximum Gasteiger partial charge on any atom is 0.0995 e. The topological polar surface area (TPSA) is 39.1 Å². The molecule has 1 N–H and O–H groups in total. The molecule has 2 rings (SSSR count). The van der Waals surface area contributed by atoms with E-state index in [1.54, 1.807) is 0 Å². The molecule has 1 aliphatic rings. The van der Waals surface area contributed by atoms with E-state index in [1.165, 1.54) is 12.0 Å². The predicted molar refractivity (Wildman–Crippen MR) is 96.9 cm³/mol. The fraction of sp³-hybridized carbons (Fsp3) is 0.588. The Morgan fingerprint density at radius 1 is 1.14 bits per heavy atom. The third-order valence-electron chi connectivity index (χ3n) is 4.05. The Kier molecular flexibility index (Phi) is 10.5. The molecular weight excluding hydrogens is 317 g/mol. The van der Waals surface area contributed by atoms with Crippen LogP contribution in [0.25, 0.3) is 0 Å². The van der Waals surface area contributed by atoms with Crippen LogP contribution in [-0.2, 0) is 0 Å². The zero-order chi connectivity index (χ0) is 14.4. The highest BCUT2D eigenvalue weighted by Crippen LogP contribution is 2.29. The van der Waals surface area contributed by atoms with Gasteiger partial charge in [-0.05, 0) is 30.4 Å². The fourth-order valence-electron chi connectivity index (χ4n) is 2.91. The van der Waals surface area contributed by atoms with Crippen LogP contribution < -0.4 is 5.32 Å². The molecule has 1 saturated heterocycles. The molecule has 0 aromatic heterocycles. The minimum absolute atomic E-state index is 0. The number of benzene rings is 1. The van der Waals surface area contributed by atoms with Crippen molar-refractivity contribution in [3.8, 4) is 6.07 Å². The van der Waals surface area contributed by atoms with E-state index in [0.29, 0.717) is 12.0 Å². The Bertz CT molecular complexity index is 465. The molecule has 0 amide bonds. The SMILES string of the molecule is CC(C)CC[C@H](c1ccccc1C#N)N1CCNCC1.Cl.Cl. The van der Waals surface area contributed by atoms with E-state index in [0.717, 1.165) is 38.2 Å². The number of rotatable bonds is 5. The zero-order valence-electron chi connectivity index (χ0n) is 13.4. The van der Waals surface area contributed by atoms with Gasteiger partial charge in [-0.2, -0.15) is 5.26 Å². The summed E-state index contributed by atoms with van der Waals surface area (Å²) in [6, 6.07) is 10.8. The minimum atomic E-state index is 0. The van der Waals surface area contributed by atoms with Crippen molar-refractivity contribution in [3.63, 3.8) is 0 Å². The van der Waals surface area contributed by atoms with Crippen LogP contribution >= 0.6 is 24.8 Å². The van der Waals surface area contributed by atoms with Gasteiger partial charge in [-0.25, -0.2) is 0 Å². The summed E-state index contributed by atoms with van der Waals surface area (Å²) in [5, 5.41) is 12.8. The Morgan fingerprint density at radius 2 is 1.77 bits per heavy atom. The van der Waals surface area contributed by atoms with Crippen LogP contribution in [0.1, 0.15) is 43.9 Å². The van der Waals surface area contributed by atoms with Crippen molar-refractivity contribution in [1.29, 1.82) is 5.26 Å². The quantitative estimate of drug-likeness (QED) is 0.883. The van der Waals surface area contributed by atoms with E-state index >= 15 is 0 Å². The second-order valence-corrected chi connectivity index (χ2v) is 5.97. The van der Waals surface area contributed by atoms with Crippen LogP contribution in [0.5, 0.6) is 0 Å². The van der Waals surface area contributed by atoms with Crippen molar-refractivity contribution in [2.24, 2.45) is 5.92 Å². The average molecular weight is 344 g/mol. The lowest BCUT2D eigenvalue weighted by Gasteiger charge is -2.36. The van der Waals surface area contributed by atoms with Gasteiger partial charge in [0.15, 0.2) is 0 Å². The van der Waals surface area contributed by atoms with Gasteiger partial charge in [-0.1, -0.05) is 32.0 Å². The van der Waals surface area contributed by atoms with Gasteiger partial charge in [0.1, 0.15) is 0 Å². The number of piperazine rings is 1. The summed E-state index contributed by atoms with van der Waals surface area (Å²) < 4.78 is 0. The number of hydrogen-bond acceptors (Lipinski definition) is 3. The summed E-state index contributed by atoms with van der Waals surface area (Å²) in [6.07, 6.45) is 2.34. The molecule has 0 spiro atoms. The molecule has 1 aromatic carbocycles. The van der Waals surface area contributed by atoms with Crippen molar-refractivity contribution >= 4 is 24.8 Å². The number of nitrogens with zero attached hydrogens (tertiary/aromatic N) is 2. The highest BCUT2D eigenvalue weighted by molar-refractivity contribution is 5.85. The van der Waals surface area contributed by atoms with Gasteiger partial charge < -0.3 is 5.32 Å². The first-order valence-electron chi connectivity index (χ1n) is 7.66. The normalized spacial score (nSPS) is 16.3. The van der Waals surface area contributed by atoms with Crippen molar-refractivity contribution < 1.29 is 0 Å². The van der Waals surface area contributed by atoms with Gasteiger partial charge in [-0.15, -0.1) is 24.8 Å². The van der Waals surface area contributed by atoms with E-state index in [-0.39, 0.29) is 24.8 Å². The molecule has 0 aliphatic carbocycles. The van der Waals surface area contributed by atoms with Crippen molar-refractivity contribution in [3.05, 3.63) is 35.4 Å². The molecule has 1 heterocycles. The number of nitrogens with one attached hydrogen (secondary N) is 1. The average Bonchev–Trinajstić information content (AvgIpc) is 2.49. The first kappa shape index (κ1) is 21.2. The van der Waals surface area contributed by atoms with Crippen LogP contribution in [-0.4, -0.2) is 31.1 Å². The van der Waals surface area contributed by atoms with E-state index in [4.69, 9.17) is 0 Å². The predicted octanol–water partition coefficient (Wildman–Crippen LogP) is 3.78. The summed E-state index contributed by atoms with van der Waals surface area (Å²) in [7, 11) is 0. The number of halogens is 2. The Morgan fingerprint density at radius 3 is 2.36 bits per heavy atom. The third kappa shape index (κ3) is 5.78. The van der Waals surface area contributed by atoms with Crippen LogP contribution in [0.2, 0.25) is 0 Å². The number of hydrogen-bond donors (Lipinski definition) is 1. The molecule has 5 heteroatoms. The highest BCUT2D eigenvalue weighted by atomic mass is 35.5. The Hall–Kier alpha value is -0.790. The van der Waals surface area contributed by atoms with Crippen molar-refractivity contribution in [2.75, 3.05) is 26.2 Å².